The highest BCUT2D eigenvalue weighted by Gasteiger charge is 2.38. The first-order valence-corrected chi connectivity index (χ1v) is 9.85. The molecule has 3 nitrogen and oxygen atoms in total. The molecule has 1 heterocycles. The first-order valence-electron chi connectivity index (χ1n) is 6.94. The molecule has 19 heavy (non-hydrogen) atoms. The van der Waals surface area contributed by atoms with Crippen molar-refractivity contribution in [1.29, 1.82) is 0 Å². The second-order valence-corrected chi connectivity index (χ2v) is 11.5. The highest BCUT2D eigenvalue weighted by molar-refractivity contribution is 6.74. The standard InChI is InChI=1S/C15H28O3Si/c1-7-8-12-9-10-13(16)14(18-12)11-17-19(5,6)15(2,3)4/h7,9-10,12-14,16H,1,8,11H2,2-6H3/t12-,13+,14-/m1/s1. The molecule has 0 fully saturated rings. The normalized spacial score (nSPS) is 28.4. The zero-order valence-electron chi connectivity index (χ0n) is 12.8. The minimum absolute atomic E-state index is 0.00826. The maximum atomic E-state index is 9.95. The smallest absolute Gasteiger partial charge is 0.192 e. The number of ether oxygens (including phenoxy) is 1. The molecule has 1 N–H and O–H groups in total. The average Bonchev–Trinajstić information content (AvgIpc) is 2.29. The molecule has 1 aliphatic heterocycles. The van der Waals surface area contributed by atoms with Crippen LogP contribution in [0.2, 0.25) is 18.1 Å². The van der Waals surface area contributed by atoms with Gasteiger partial charge in [0.05, 0.1) is 12.7 Å². The van der Waals surface area contributed by atoms with Gasteiger partial charge in [-0.15, -0.1) is 6.58 Å². The van der Waals surface area contributed by atoms with Crippen molar-refractivity contribution in [2.75, 3.05) is 6.61 Å². The van der Waals surface area contributed by atoms with Crippen LogP contribution in [0.5, 0.6) is 0 Å². The van der Waals surface area contributed by atoms with E-state index in [-0.39, 0.29) is 17.2 Å². The molecule has 4 heteroatoms. The van der Waals surface area contributed by atoms with Gasteiger partial charge in [0.15, 0.2) is 8.32 Å². The lowest BCUT2D eigenvalue weighted by Gasteiger charge is -2.38. The van der Waals surface area contributed by atoms with Crippen LogP contribution in [0.15, 0.2) is 24.8 Å². The fourth-order valence-corrected chi connectivity index (χ4v) is 2.67. The zero-order chi connectivity index (χ0) is 14.7. The predicted octanol–water partition coefficient (Wildman–Crippen LogP) is 3.27. The molecule has 0 spiro atoms. The summed E-state index contributed by atoms with van der Waals surface area (Å²) in [6, 6.07) is 0. The topological polar surface area (TPSA) is 38.7 Å². The van der Waals surface area contributed by atoms with Crippen molar-refractivity contribution in [3.05, 3.63) is 24.8 Å². The van der Waals surface area contributed by atoms with Crippen LogP contribution in [0.3, 0.4) is 0 Å². The summed E-state index contributed by atoms with van der Waals surface area (Å²) in [6.45, 7) is 15.2. The van der Waals surface area contributed by atoms with Gasteiger partial charge in [-0.2, -0.15) is 0 Å². The van der Waals surface area contributed by atoms with E-state index >= 15 is 0 Å². The summed E-state index contributed by atoms with van der Waals surface area (Å²) >= 11 is 0. The highest BCUT2D eigenvalue weighted by atomic mass is 28.4. The lowest BCUT2D eigenvalue weighted by molar-refractivity contribution is -0.0754. The molecule has 1 rings (SSSR count). The van der Waals surface area contributed by atoms with E-state index in [9.17, 15) is 5.11 Å². The van der Waals surface area contributed by atoms with Crippen LogP contribution in [0.25, 0.3) is 0 Å². The van der Waals surface area contributed by atoms with Crippen LogP contribution < -0.4 is 0 Å². The molecule has 0 bridgehead atoms. The van der Waals surface area contributed by atoms with E-state index in [1.807, 2.05) is 12.2 Å². The Bertz CT molecular complexity index is 331. The fraction of sp³-hybridized carbons (Fsp3) is 0.733. The van der Waals surface area contributed by atoms with Gasteiger partial charge in [-0.25, -0.2) is 0 Å². The maximum Gasteiger partial charge on any atom is 0.192 e. The van der Waals surface area contributed by atoms with Crippen molar-refractivity contribution in [2.24, 2.45) is 0 Å². The van der Waals surface area contributed by atoms with Gasteiger partial charge < -0.3 is 14.3 Å². The molecule has 0 saturated carbocycles. The predicted molar refractivity (Wildman–Crippen MR) is 81.8 cm³/mol. The molecular weight excluding hydrogens is 256 g/mol. The van der Waals surface area contributed by atoms with E-state index in [4.69, 9.17) is 9.16 Å². The number of hydrogen-bond donors (Lipinski definition) is 1. The first-order chi connectivity index (χ1) is 8.67. The van der Waals surface area contributed by atoms with Crippen LogP contribution >= 0.6 is 0 Å². The second kappa shape index (κ2) is 6.35. The van der Waals surface area contributed by atoms with E-state index < -0.39 is 14.4 Å². The van der Waals surface area contributed by atoms with Crippen molar-refractivity contribution >= 4 is 8.32 Å². The SMILES string of the molecule is C=CC[C@@H]1C=C[C@H](O)[C@@H](CO[Si](C)(C)C(C)(C)C)O1. The number of rotatable bonds is 5. The van der Waals surface area contributed by atoms with Crippen LogP contribution in [-0.2, 0) is 9.16 Å². The Labute approximate surface area is 118 Å². The van der Waals surface area contributed by atoms with E-state index in [1.165, 1.54) is 0 Å². The number of hydrogen-bond acceptors (Lipinski definition) is 3. The first kappa shape index (κ1) is 16.6. The van der Waals surface area contributed by atoms with E-state index in [0.29, 0.717) is 6.61 Å². The summed E-state index contributed by atoms with van der Waals surface area (Å²) in [5.74, 6) is 0. The van der Waals surface area contributed by atoms with Gasteiger partial charge in [0.2, 0.25) is 0 Å². The van der Waals surface area contributed by atoms with Gasteiger partial charge >= 0.3 is 0 Å². The third kappa shape index (κ3) is 4.56. The maximum absolute atomic E-state index is 9.95. The lowest BCUT2D eigenvalue weighted by atomic mass is 10.1. The Kier molecular flexibility index (Phi) is 5.56. The Morgan fingerprint density at radius 2 is 2.00 bits per heavy atom. The van der Waals surface area contributed by atoms with Crippen molar-refractivity contribution in [3.63, 3.8) is 0 Å². The Morgan fingerprint density at radius 3 is 2.53 bits per heavy atom. The summed E-state index contributed by atoms with van der Waals surface area (Å²) < 4.78 is 12.0. The van der Waals surface area contributed by atoms with Gasteiger partial charge in [0.25, 0.3) is 0 Å². The van der Waals surface area contributed by atoms with Crippen LogP contribution in [0.4, 0.5) is 0 Å². The molecule has 0 saturated heterocycles. The van der Waals surface area contributed by atoms with Gasteiger partial charge in [0, 0.05) is 0 Å². The molecule has 3 atom stereocenters. The lowest BCUT2D eigenvalue weighted by Crippen LogP contribution is -2.46. The van der Waals surface area contributed by atoms with Crippen molar-refractivity contribution < 1.29 is 14.3 Å². The minimum Gasteiger partial charge on any atom is -0.414 e. The summed E-state index contributed by atoms with van der Waals surface area (Å²) in [6.07, 6.45) is 5.45. The molecule has 0 amide bonds. The van der Waals surface area contributed by atoms with Crippen molar-refractivity contribution in [2.45, 2.75) is 63.6 Å². The van der Waals surface area contributed by atoms with Gasteiger partial charge in [-0.1, -0.05) is 39.0 Å². The minimum atomic E-state index is -1.79. The third-order valence-corrected chi connectivity index (χ3v) is 8.57. The van der Waals surface area contributed by atoms with Crippen LogP contribution in [0.1, 0.15) is 27.2 Å². The van der Waals surface area contributed by atoms with Crippen LogP contribution in [0, 0.1) is 0 Å². The summed E-state index contributed by atoms with van der Waals surface area (Å²) in [7, 11) is -1.79. The summed E-state index contributed by atoms with van der Waals surface area (Å²) in [5, 5.41) is 10.1. The third-order valence-electron chi connectivity index (χ3n) is 4.07. The Balaban J connectivity index is 2.57. The number of aliphatic hydroxyl groups excluding tert-OH is 1. The molecule has 0 aromatic carbocycles. The largest absolute Gasteiger partial charge is 0.414 e. The molecule has 0 aliphatic carbocycles. The fourth-order valence-electron chi connectivity index (χ4n) is 1.66. The zero-order valence-corrected chi connectivity index (χ0v) is 13.8. The molecule has 0 aromatic heterocycles. The van der Waals surface area contributed by atoms with Crippen LogP contribution in [-0.4, -0.2) is 38.3 Å². The molecule has 1 aliphatic rings. The average molecular weight is 284 g/mol. The van der Waals surface area contributed by atoms with E-state index in [2.05, 4.69) is 40.4 Å². The monoisotopic (exact) mass is 284 g/mol. The summed E-state index contributed by atoms with van der Waals surface area (Å²) in [4.78, 5) is 0. The summed E-state index contributed by atoms with van der Waals surface area (Å²) in [5.41, 5.74) is 0. The number of aliphatic hydroxyl groups is 1. The van der Waals surface area contributed by atoms with Gasteiger partial charge in [0.1, 0.15) is 12.2 Å². The second-order valence-electron chi connectivity index (χ2n) is 6.68. The van der Waals surface area contributed by atoms with Gasteiger partial charge in [-0.3, -0.25) is 0 Å². The molecule has 0 radical (unpaired) electrons. The quantitative estimate of drug-likeness (QED) is 0.622. The highest BCUT2D eigenvalue weighted by Crippen LogP contribution is 2.36. The molecule has 0 unspecified atom stereocenters. The van der Waals surface area contributed by atoms with E-state index in [1.54, 1.807) is 6.08 Å². The molecule has 110 valence electrons. The Hall–Kier alpha value is -0.423. The molecule has 0 aromatic rings. The van der Waals surface area contributed by atoms with Gasteiger partial charge in [-0.05, 0) is 24.6 Å². The van der Waals surface area contributed by atoms with Crippen molar-refractivity contribution in [1.82, 2.24) is 0 Å². The van der Waals surface area contributed by atoms with E-state index in [0.717, 1.165) is 6.42 Å². The molecular formula is C15H28O3Si. The Morgan fingerprint density at radius 1 is 1.37 bits per heavy atom. The van der Waals surface area contributed by atoms with Crippen molar-refractivity contribution in [3.8, 4) is 0 Å².